The van der Waals surface area contributed by atoms with E-state index in [1.165, 1.54) is 5.56 Å². The molecule has 0 unspecified atom stereocenters. The van der Waals surface area contributed by atoms with Crippen molar-refractivity contribution in [1.82, 2.24) is 5.43 Å². The summed E-state index contributed by atoms with van der Waals surface area (Å²) < 4.78 is 0. The molecule has 1 amide bonds. The summed E-state index contributed by atoms with van der Waals surface area (Å²) in [4.78, 5) is 12.1. The zero-order valence-electron chi connectivity index (χ0n) is 12.2. The summed E-state index contributed by atoms with van der Waals surface area (Å²) in [5.74, 6) is -0.0108. The Morgan fingerprint density at radius 3 is 2.45 bits per heavy atom. The fourth-order valence-corrected chi connectivity index (χ4v) is 2.16. The molecule has 0 atom stereocenters. The van der Waals surface area contributed by atoms with Crippen molar-refractivity contribution in [3.05, 3.63) is 65.2 Å². The van der Waals surface area contributed by atoms with Crippen LogP contribution in [-0.2, 0) is 11.2 Å². The second-order valence-electron chi connectivity index (χ2n) is 5.04. The monoisotopic (exact) mass is 268 g/mol. The Bertz CT molecular complexity index is 593. The van der Waals surface area contributed by atoms with E-state index in [2.05, 4.69) is 18.4 Å². The highest BCUT2D eigenvalue weighted by molar-refractivity contribution is 5.80. The van der Waals surface area contributed by atoms with Crippen LogP contribution in [0.15, 0.2) is 48.5 Å². The van der Waals surface area contributed by atoms with Crippen molar-refractivity contribution in [2.24, 2.45) is 0 Å². The first kappa shape index (κ1) is 14.1. The van der Waals surface area contributed by atoms with Gasteiger partial charge in [0.2, 0.25) is 5.91 Å². The molecule has 0 fully saturated rings. The number of nitrogens with zero attached hydrogens (tertiary/aromatic N) is 1. The molecule has 0 spiro atoms. The molecule has 104 valence electrons. The van der Waals surface area contributed by atoms with Crippen molar-refractivity contribution < 1.29 is 4.79 Å². The van der Waals surface area contributed by atoms with E-state index in [0.29, 0.717) is 6.42 Å². The number of aryl methyl sites for hydroxylation is 2. The lowest BCUT2D eigenvalue weighted by Gasteiger charge is -2.20. The van der Waals surface area contributed by atoms with Crippen LogP contribution in [0.4, 0.5) is 5.69 Å². The van der Waals surface area contributed by atoms with E-state index in [0.717, 1.165) is 16.8 Å². The van der Waals surface area contributed by atoms with Crippen LogP contribution < -0.4 is 10.4 Å². The number of hydrogen-bond acceptors (Lipinski definition) is 2. The number of carbonyl (C=O) groups excluding carboxylic acids is 1. The van der Waals surface area contributed by atoms with Crippen molar-refractivity contribution in [2.45, 2.75) is 20.3 Å². The minimum atomic E-state index is -0.0108. The first-order valence-electron chi connectivity index (χ1n) is 6.70. The van der Waals surface area contributed by atoms with Crippen LogP contribution in [0.3, 0.4) is 0 Å². The second-order valence-corrected chi connectivity index (χ2v) is 5.04. The molecular formula is C17H20N2O. The zero-order chi connectivity index (χ0) is 14.5. The third-order valence-corrected chi connectivity index (χ3v) is 3.29. The van der Waals surface area contributed by atoms with Gasteiger partial charge in [0, 0.05) is 7.05 Å². The van der Waals surface area contributed by atoms with Gasteiger partial charge >= 0.3 is 0 Å². The SMILES string of the molecule is Cc1ccc(CC(=O)NN(C)c2ccccc2)c(C)c1. The molecule has 3 nitrogen and oxygen atoms in total. The molecule has 2 rings (SSSR count). The van der Waals surface area contributed by atoms with E-state index in [1.54, 1.807) is 5.01 Å². The Hall–Kier alpha value is -2.29. The molecule has 0 saturated carbocycles. The molecule has 1 N–H and O–H groups in total. The number of anilines is 1. The Labute approximate surface area is 120 Å². The van der Waals surface area contributed by atoms with Gasteiger partial charge in [-0.1, -0.05) is 42.0 Å². The van der Waals surface area contributed by atoms with Crippen LogP contribution in [0.2, 0.25) is 0 Å². The zero-order valence-corrected chi connectivity index (χ0v) is 12.2. The molecule has 0 aliphatic heterocycles. The van der Waals surface area contributed by atoms with Gasteiger partial charge in [-0.05, 0) is 37.1 Å². The summed E-state index contributed by atoms with van der Waals surface area (Å²) in [6.45, 7) is 4.09. The topological polar surface area (TPSA) is 32.3 Å². The van der Waals surface area contributed by atoms with Crippen LogP contribution in [0.25, 0.3) is 0 Å². The van der Waals surface area contributed by atoms with Crippen molar-refractivity contribution >= 4 is 11.6 Å². The summed E-state index contributed by atoms with van der Waals surface area (Å²) >= 11 is 0. The lowest BCUT2D eigenvalue weighted by atomic mass is 10.0. The minimum Gasteiger partial charge on any atom is -0.289 e. The van der Waals surface area contributed by atoms with Crippen molar-refractivity contribution in [3.63, 3.8) is 0 Å². The molecule has 2 aromatic carbocycles. The molecule has 0 aliphatic rings. The van der Waals surface area contributed by atoms with Gasteiger partial charge in [-0.3, -0.25) is 15.2 Å². The highest BCUT2D eigenvalue weighted by Gasteiger charge is 2.08. The quantitative estimate of drug-likeness (QED) is 0.865. The maximum absolute atomic E-state index is 12.1. The van der Waals surface area contributed by atoms with Gasteiger partial charge < -0.3 is 0 Å². The average molecular weight is 268 g/mol. The van der Waals surface area contributed by atoms with Gasteiger partial charge in [0.1, 0.15) is 0 Å². The molecule has 0 heterocycles. The predicted octanol–water partition coefficient (Wildman–Crippen LogP) is 3.01. The number of para-hydroxylation sites is 1. The highest BCUT2D eigenvalue weighted by atomic mass is 16.2. The van der Waals surface area contributed by atoms with Crippen molar-refractivity contribution in [1.29, 1.82) is 0 Å². The van der Waals surface area contributed by atoms with Gasteiger partial charge in [-0.15, -0.1) is 0 Å². The van der Waals surface area contributed by atoms with E-state index >= 15 is 0 Å². The lowest BCUT2D eigenvalue weighted by Crippen LogP contribution is -2.40. The normalized spacial score (nSPS) is 10.2. The molecule has 0 radical (unpaired) electrons. The molecule has 0 saturated heterocycles. The number of hydrazine groups is 1. The lowest BCUT2D eigenvalue weighted by molar-refractivity contribution is -0.120. The maximum Gasteiger partial charge on any atom is 0.242 e. The number of carbonyl (C=O) groups is 1. The van der Waals surface area contributed by atoms with Gasteiger partial charge in [0.25, 0.3) is 0 Å². The van der Waals surface area contributed by atoms with Gasteiger partial charge in [-0.2, -0.15) is 0 Å². The Morgan fingerprint density at radius 1 is 1.10 bits per heavy atom. The molecule has 0 aliphatic carbocycles. The van der Waals surface area contributed by atoms with E-state index in [-0.39, 0.29) is 5.91 Å². The van der Waals surface area contributed by atoms with Gasteiger partial charge in [0.05, 0.1) is 12.1 Å². The first-order chi connectivity index (χ1) is 9.56. The standard InChI is InChI=1S/C17H20N2O/c1-13-9-10-15(14(2)11-13)12-17(20)18-19(3)16-7-5-4-6-8-16/h4-11H,12H2,1-3H3,(H,18,20). The number of benzene rings is 2. The molecule has 20 heavy (non-hydrogen) atoms. The molecule has 3 heteroatoms. The van der Waals surface area contributed by atoms with E-state index in [1.807, 2.05) is 56.4 Å². The van der Waals surface area contributed by atoms with Crippen molar-refractivity contribution in [2.75, 3.05) is 12.1 Å². The fourth-order valence-electron chi connectivity index (χ4n) is 2.16. The minimum absolute atomic E-state index is 0.0108. The molecule has 2 aromatic rings. The second kappa shape index (κ2) is 6.24. The smallest absolute Gasteiger partial charge is 0.242 e. The van der Waals surface area contributed by atoms with Crippen LogP contribution in [0.1, 0.15) is 16.7 Å². The van der Waals surface area contributed by atoms with Crippen LogP contribution >= 0.6 is 0 Å². The number of amides is 1. The number of rotatable bonds is 4. The first-order valence-corrected chi connectivity index (χ1v) is 6.70. The molecular weight excluding hydrogens is 248 g/mol. The van der Waals surface area contributed by atoms with E-state index in [9.17, 15) is 4.79 Å². The molecule has 0 aromatic heterocycles. The Kier molecular flexibility index (Phi) is 4.41. The van der Waals surface area contributed by atoms with Gasteiger partial charge in [0.15, 0.2) is 0 Å². The third kappa shape index (κ3) is 3.60. The fraction of sp³-hybridized carbons (Fsp3) is 0.235. The summed E-state index contributed by atoms with van der Waals surface area (Å²) in [6.07, 6.45) is 0.392. The highest BCUT2D eigenvalue weighted by Crippen LogP contribution is 2.12. The Morgan fingerprint density at radius 2 is 1.80 bits per heavy atom. The predicted molar refractivity (Wildman–Crippen MR) is 82.6 cm³/mol. The van der Waals surface area contributed by atoms with E-state index < -0.39 is 0 Å². The Balaban J connectivity index is 1.99. The molecule has 0 bridgehead atoms. The average Bonchev–Trinajstić information content (AvgIpc) is 2.43. The largest absolute Gasteiger partial charge is 0.289 e. The summed E-state index contributed by atoms with van der Waals surface area (Å²) in [7, 11) is 1.84. The summed E-state index contributed by atoms with van der Waals surface area (Å²) in [6, 6.07) is 15.9. The van der Waals surface area contributed by atoms with E-state index in [4.69, 9.17) is 0 Å². The number of nitrogens with one attached hydrogen (secondary N) is 1. The van der Waals surface area contributed by atoms with Crippen LogP contribution in [0.5, 0.6) is 0 Å². The summed E-state index contributed by atoms with van der Waals surface area (Å²) in [5, 5.41) is 1.74. The van der Waals surface area contributed by atoms with Gasteiger partial charge in [-0.25, -0.2) is 0 Å². The number of hydrogen-bond donors (Lipinski definition) is 1. The summed E-state index contributed by atoms with van der Waals surface area (Å²) in [5.41, 5.74) is 7.28. The van der Waals surface area contributed by atoms with Crippen LogP contribution in [0, 0.1) is 13.8 Å². The van der Waals surface area contributed by atoms with Crippen LogP contribution in [-0.4, -0.2) is 13.0 Å². The third-order valence-electron chi connectivity index (χ3n) is 3.29. The maximum atomic E-state index is 12.1. The van der Waals surface area contributed by atoms with Crippen molar-refractivity contribution in [3.8, 4) is 0 Å².